The molecular weight excluding hydrogens is 390 g/mol. The Bertz CT molecular complexity index is 1170. The molecule has 0 atom stereocenters. The van der Waals surface area contributed by atoms with E-state index < -0.39 is 0 Å². The Morgan fingerprint density at radius 1 is 0.964 bits per heavy atom. The van der Waals surface area contributed by atoms with E-state index in [-0.39, 0.29) is 21.8 Å². The van der Waals surface area contributed by atoms with Gasteiger partial charge in [-0.25, -0.2) is 0 Å². The van der Waals surface area contributed by atoms with Crippen molar-refractivity contribution in [2.24, 2.45) is 0 Å². The predicted octanol–water partition coefficient (Wildman–Crippen LogP) is 1.74. The van der Waals surface area contributed by atoms with Gasteiger partial charge in [-0.2, -0.15) is 0 Å². The molecule has 0 unspecified atom stereocenters. The summed E-state index contributed by atoms with van der Waals surface area (Å²) in [4.78, 5) is 33.3. The van der Waals surface area contributed by atoms with Gasteiger partial charge in [0.05, 0.1) is 4.21 Å². The average Bonchev–Trinajstić information content (AvgIpc) is 3.08. The summed E-state index contributed by atoms with van der Waals surface area (Å²) in [6.45, 7) is 3.01. The second kappa shape index (κ2) is 9.23. The zero-order chi connectivity index (χ0) is 20.1. The number of thioether (sulfide) groups is 1. The number of thiophene rings is 1. The van der Waals surface area contributed by atoms with Crippen LogP contribution in [0.25, 0.3) is 12.2 Å². The summed E-state index contributed by atoms with van der Waals surface area (Å²) in [5, 5.41) is 0.509. The zero-order valence-electron chi connectivity index (χ0n) is 16.1. The molecular formula is C21H23N3O2S2. The highest BCUT2D eigenvalue weighted by molar-refractivity contribution is 8.01. The molecule has 28 heavy (non-hydrogen) atoms. The first-order chi connectivity index (χ1) is 13.4. The highest BCUT2D eigenvalue weighted by atomic mass is 32.2. The first kappa shape index (κ1) is 20.4. The van der Waals surface area contributed by atoms with E-state index >= 15 is 0 Å². The van der Waals surface area contributed by atoms with E-state index in [2.05, 4.69) is 29.0 Å². The monoisotopic (exact) mass is 413 g/mol. The number of hydrogen-bond acceptors (Lipinski definition) is 5. The largest absolute Gasteiger partial charge is 0.316 e. The summed E-state index contributed by atoms with van der Waals surface area (Å²) < 4.78 is 1.19. The van der Waals surface area contributed by atoms with Gasteiger partial charge in [0, 0.05) is 17.2 Å². The van der Waals surface area contributed by atoms with Crippen molar-refractivity contribution in [1.29, 1.82) is 0 Å². The number of benzene rings is 1. The van der Waals surface area contributed by atoms with Crippen LogP contribution in [0, 0.1) is 6.92 Å². The summed E-state index contributed by atoms with van der Waals surface area (Å²) in [5.74, 6) is 1.01. The lowest BCUT2D eigenvalue weighted by molar-refractivity contribution is 0.437. The van der Waals surface area contributed by atoms with Gasteiger partial charge in [-0.05, 0) is 50.9 Å². The molecule has 0 fully saturated rings. The molecule has 0 bridgehead atoms. The maximum atomic E-state index is 12.4. The van der Waals surface area contributed by atoms with Gasteiger partial charge in [0.2, 0.25) is 0 Å². The van der Waals surface area contributed by atoms with E-state index in [4.69, 9.17) is 0 Å². The molecule has 5 nitrogen and oxygen atoms in total. The number of nitrogens with zero attached hydrogens (tertiary/aromatic N) is 1. The maximum Gasteiger partial charge on any atom is 0.272 e. The van der Waals surface area contributed by atoms with E-state index in [1.807, 2.05) is 43.3 Å². The molecule has 0 aliphatic rings. The second-order valence-corrected chi connectivity index (χ2v) is 9.25. The normalized spacial score (nSPS) is 12.9. The molecule has 3 aromatic rings. The number of hydrogen-bond donors (Lipinski definition) is 2. The minimum Gasteiger partial charge on any atom is -0.316 e. The lowest BCUT2D eigenvalue weighted by atomic mass is 10.1. The molecule has 0 spiro atoms. The third kappa shape index (κ3) is 5.58. The average molecular weight is 414 g/mol. The van der Waals surface area contributed by atoms with Crippen LogP contribution in [0.4, 0.5) is 0 Å². The molecule has 1 aromatic carbocycles. The van der Waals surface area contributed by atoms with E-state index in [9.17, 15) is 9.59 Å². The van der Waals surface area contributed by atoms with Crippen LogP contribution in [0.1, 0.15) is 16.0 Å². The Balaban J connectivity index is 1.87. The fourth-order valence-corrected chi connectivity index (χ4v) is 4.76. The summed E-state index contributed by atoms with van der Waals surface area (Å²) in [6.07, 6.45) is 3.39. The van der Waals surface area contributed by atoms with Crippen molar-refractivity contribution in [1.82, 2.24) is 14.9 Å². The van der Waals surface area contributed by atoms with Gasteiger partial charge in [-0.15, -0.1) is 23.1 Å². The third-order valence-corrected chi connectivity index (χ3v) is 6.28. The predicted molar refractivity (Wildman–Crippen MR) is 119 cm³/mol. The van der Waals surface area contributed by atoms with Crippen LogP contribution in [0.5, 0.6) is 0 Å². The topological polar surface area (TPSA) is 69.0 Å². The molecule has 146 valence electrons. The van der Waals surface area contributed by atoms with Crippen molar-refractivity contribution in [2.45, 2.75) is 11.1 Å². The van der Waals surface area contributed by atoms with E-state index in [0.29, 0.717) is 0 Å². The lowest BCUT2D eigenvalue weighted by Gasteiger charge is -2.07. The van der Waals surface area contributed by atoms with E-state index in [0.717, 1.165) is 28.3 Å². The first-order valence-electron chi connectivity index (χ1n) is 8.91. The second-order valence-electron chi connectivity index (χ2n) is 6.74. The number of H-pyrrole nitrogens is 2. The van der Waals surface area contributed by atoms with Crippen molar-refractivity contribution in [3.05, 3.63) is 83.8 Å². The quantitative estimate of drug-likeness (QED) is 0.604. The molecule has 2 aromatic heterocycles. The number of aryl methyl sites for hydroxylation is 1. The summed E-state index contributed by atoms with van der Waals surface area (Å²) in [7, 11) is 4.10. The Kier molecular flexibility index (Phi) is 6.72. The number of aromatic nitrogens is 2. The van der Waals surface area contributed by atoms with Gasteiger partial charge in [0.1, 0.15) is 10.7 Å². The minimum absolute atomic E-state index is 0.247. The minimum atomic E-state index is -0.316. The van der Waals surface area contributed by atoms with Crippen molar-refractivity contribution < 1.29 is 0 Å². The number of aromatic amines is 2. The summed E-state index contributed by atoms with van der Waals surface area (Å²) in [5.41, 5.74) is 1.37. The zero-order valence-corrected chi connectivity index (χ0v) is 17.7. The van der Waals surface area contributed by atoms with Crippen LogP contribution in [0.3, 0.4) is 0 Å². The maximum absolute atomic E-state index is 12.4. The summed E-state index contributed by atoms with van der Waals surface area (Å²) >= 11 is 3.39. The molecule has 2 N–H and O–H groups in total. The Morgan fingerprint density at radius 3 is 2.25 bits per heavy atom. The third-order valence-electron chi connectivity index (χ3n) is 4.05. The van der Waals surface area contributed by atoms with Gasteiger partial charge in [-0.3, -0.25) is 9.59 Å². The molecule has 3 rings (SSSR count). The Labute approximate surface area is 171 Å². The molecule has 0 aliphatic carbocycles. The van der Waals surface area contributed by atoms with Gasteiger partial charge in [-0.1, -0.05) is 29.8 Å². The van der Waals surface area contributed by atoms with Gasteiger partial charge in [0.25, 0.3) is 11.1 Å². The molecule has 7 heteroatoms. The standard InChI is InChI=1S/C21H23N3O2S2/c1-14-4-6-15(7-5-14)12-17-20(25)23-18(21(26)22-17)13-16-8-9-19(28-16)27-11-10-24(2)3/h4-9,12-13H,10-11H2,1-3H3,(H,22,26)(H,23,25). The Hall–Kier alpha value is -2.35. The van der Waals surface area contributed by atoms with Crippen molar-refractivity contribution in [3.8, 4) is 0 Å². The fourth-order valence-electron chi connectivity index (χ4n) is 2.49. The van der Waals surface area contributed by atoms with Crippen molar-refractivity contribution in [3.63, 3.8) is 0 Å². The molecule has 0 saturated heterocycles. The number of nitrogens with one attached hydrogen (secondary N) is 2. The van der Waals surface area contributed by atoms with Crippen LogP contribution in [0.2, 0.25) is 0 Å². The summed E-state index contributed by atoms with van der Waals surface area (Å²) in [6, 6.07) is 11.8. The smallest absolute Gasteiger partial charge is 0.272 e. The fraction of sp³-hybridized carbons (Fsp3) is 0.238. The molecule has 0 saturated carbocycles. The lowest BCUT2D eigenvalue weighted by Crippen LogP contribution is -2.46. The molecule has 0 radical (unpaired) electrons. The SMILES string of the molecule is Cc1ccc(C=c2[nH]c(=O)c(=Cc3ccc(SCCN(C)C)s3)[nH]c2=O)cc1. The Morgan fingerprint density at radius 2 is 1.61 bits per heavy atom. The highest BCUT2D eigenvalue weighted by Crippen LogP contribution is 2.27. The van der Waals surface area contributed by atoms with Crippen molar-refractivity contribution in [2.75, 3.05) is 26.4 Å². The highest BCUT2D eigenvalue weighted by Gasteiger charge is 2.02. The van der Waals surface area contributed by atoms with Crippen molar-refractivity contribution >= 4 is 35.3 Å². The molecule has 2 heterocycles. The van der Waals surface area contributed by atoms with E-state index in [1.165, 1.54) is 4.21 Å². The van der Waals surface area contributed by atoms with Crippen LogP contribution in [-0.4, -0.2) is 41.3 Å². The first-order valence-corrected chi connectivity index (χ1v) is 10.7. The van der Waals surface area contributed by atoms with Gasteiger partial charge < -0.3 is 14.9 Å². The van der Waals surface area contributed by atoms with Gasteiger partial charge in [0.15, 0.2) is 0 Å². The molecule has 0 amide bonds. The van der Waals surface area contributed by atoms with Crippen LogP contribution >= 0.6 is 23.1 Å². The van der Waals surface area contributed by atoms with Gasteiger partial charge >= 0.3 is 0 Å². The van der Waals surface area contributed by atoms with Crippen LogP contribution in [-0.2, 0) is 0 Å². The number of rotatable bonds is 6. The molecule has 0 aliphatic heterocycles. The van der Waals surface area contributed by atoms with Crippen LogP contribution < -0.4 is 21.8 Å². The van der Waals surface area contributed by atoms with E-state index in [1.54, 1.807) is 35.3 Å². The van der Waals surface area contributed by atoms with Crippen LogP contribution in [0.15, 0.2) is 50.2 Å².